The van der Waals surface area contributed by atoms with E-state index in [1.807, 2.05) is 19.0 Å². The summed E-state index contributed by atoms with van der Waals surface area (Å²) in [7, 11) is 3.94. The van der Waals surface area contributed by atoms with Crippen molar-refractivity contribution < 1.29 is 4.39 Å². The van der Waals surface area contributed by atoms with E-state index in [0.717, 1.165) is 6.54 Å². The summed E-state index contributed by atoms with van der Waals surface area (Å²) in [6.07, 6.45) is 0. The smallest absolute Gasteiger partial charge is 0.170 e. The zero-order chi connectivity index (χ0) is 12.8. The van der Waals surface area contributed by atoms with Gasteiger partial charge in [0.05, 0.1) is 5.69 Å². The maximum absolute atomic E-state index is 13.4. The van der Waals surface area contributed by atoms with Crippen molar-refractivity contribution in [3.8, 4) is 0 Å². The molecule has 1 rings (SSSR count). The molecule has 1 aromatic carbocycles. The number of rotatable bonds is 4. The first-order valence-electron chi connectivity index (χ1n) is 5.13. The molecule has 0 radical (unpaired) electrons. The molecule has 0 heterocycles. The van der Waals surface area contributed by atoms with Gasteiger partial charge in [-0.15, -0.1) is 0 Å². The number of hydrogen-bond donors (Lipinski definition) is 2. The number of nitrogens with zero attached hydrogens (tertiary/aromatic N) is 1. The second-order valence-corrected chi connectivity index (χ2v) is 4.65. The van der Waals surface area contributed by atoms with E-state index in [0.29, 0.717) is 22.4 Å². The molecule has 94 valence electrons. The molecule has 0 aliphatic heterocycles. The SMILES string of the molecule is CN(C)CCNC(=S)Nc1ccc(Cl)cc1F. The van der Waals surface area contributed by atoms with Gasteiger partial charge >= 0.3 is 0 Å². The number of thiocarbonyl (C=S) groups is 1. The summed E-state index contributed by atoms with van der Waals surface area (Å²) in [4.78, 5) is 2.03. The minimum Gasteiger partial charge on any atom is -0.361 e. The second kappa shape index (κ2) is 6.74. The van der Waals surface area contributed by atoms with Gasteiger partial charge < -0.3 is 15.5 Å². The average Bonchev–Trinajstić information content (AvgIpc) is 2.21. The van der Waals surface area contributed by atoms with Crippen LogP contribution in [-0.4, -0.2) is 37.2 Å². The van der Waals surface area contributed by atoms with E-state index in [2.05, 4.69) is 10.6 Å². The molecule has 0 bridgehead atoms. The summed E-state index contributed by atoms with van der Waals surface area (Å²) in [5, 5.41) is 6.52. The third kappa shape index (κ3) is 5.30. The molecule has 0 saturated heterocycles. The minimum absolute atomic E-state index is 0.316. The standard InChI is InChI=1S/C11H15ClFN3S/c1-16(2)6-5-14-11(17)15-10-4-3-8(12)7-9(10)13/h3-4,7H,5-6H2,1-2H3,(H2,14,15,17). The van der Waals surface area contributed by atoms with E-state index in [-0.39, 0.29) is 0 Å². The van der Waals surface area contributed by atoms with E-state index in [1.54, 1.807) is 12.1 Å². The highest BCUT2D eigenvalue weighted by Crippen LogP contribution is 2.18. The van der Waals surface area contributed by atoms with Crippen LogP contribution in [0.4, 0.5) is 10.1 Å². The summed E-state index contributed by atoms with van der Waals surface area (Å²) in [5.74, 6) is -0.422. The molecule has 17 heavy (non-hydrogen) atoms. The molecule has 0 aromatic heterocycles. The topological polar surface area (TPSA) is 27.3 Å². The summed E-state index contributed by atoms with van der Waals surface area (Å²) >= 11 is 10.7. The maximum Gasteiger partial charge on any atom is 0.170 e. The molecular weight excluding hydrogens is 261 g/mol. The van der Waals surface area contributed by atoms with E-state index >= 15 is 0 Å². The van der Waals surface area contributed by atoms with Gasteiger partial charge in [0.15, 0.2) is 5.11 Å². The van der Waals surface area contributed by atoms with Crippen molar-refractivity contribution in [2.45, 2.75) is 0 Å². The molecule has 0 spiro atoms. The van der Waals surface area contributed by atoms with Gasteiger partial charge in [-0.1, -0.05) is 11.6 Å². The van der Waals surface area contributed by atoms with E-state index in [1.165, 1.54) is 6.07 Å². The Hall–Kier alpha value is -0.910. The fourth-order valence-corrected chi connectivity index (χ4v) is 1.52. The summed E-state index contributed by atoms with van der Waals surface area (Å²) in [6.45, 7) is 1.55. The number of halogens is 2. The largest absolute Gasteiger partial charge is 0.361 e. The first-order valence-corrected chi connectivity index (χ1v) is 5.92. The molecule has 0 amide bonds. The Morgan fingerprint density at radius 2 is 2.18 bits per heavy atom. The van der Waals surface area contributed by atoms with Crippen molar-refractivity contribution in [3.05, 3.63) is 29.0 Å². The Bertz CT molecular complexity index is 398. The van der Waals surface area contributed by atoms with E-state index in [4.69, 9.17) is 23.8 Å². The van der Waals surface area contributed by atoms with Gasteiger partial charge in [0.1, 0.15) is 5.82 Å². The zero-order valence-electron chi connectivity index (χ0n) is 9.76. The van der Waals surface area contributed by atoms with Crippen molar-refractivity contribution in [3.63, 3.8) is 0 Å². The van der Waals surface area contributed by atoms with Gasteiger partial charge in [-0.2, -0.15) is 0 Å². The van der Waals surface area contributed by atoms with Gasteiger partial charge in [0.25, 0.3) is 0 Å². The molecule has 0 aliphatic rings. The molecule has 0 fully saturated rings. The Labute approximate surface area is 111 Å². The van der Waals surface area contributed by atoms with Gasteiger partial charge in [-0.25, -0.2) is 4.39 Å². The van der Waals surface area contributed by atoms with Crippen LogP contribution in [0.3, 0.4) is 0 Å². The molecule has 2 N–H and O–H groups in total. The highest BCUT2D eigenvalue weighted by molar-refractivity contribution is 7.80. The summed E-state index contributed by atoms with van der Waals surface area (Å²) in [5.41, 5.74) is 0.316. The monoisotopic (exact) mass is 275 g/mol. The highest BCUT2D eigenvalue weighted by atomic mass is 35.5. The Kier molecular flexibility index (Phi) is 5.61. The number of benzene rings is 1. The van der Waals surface area contributed by atoms with Gasteiger partial charge in [-0.05, 0) is 44.5 Å². The Morgan fingerprint density at radius 3 is 2.76 bits per heavy atom. The van der Waals surface area contributed by atoms with Crippen LogP contribution in [0.1, 0.15) is 0 Å². The number of nitrogens with one attached hydrogen (secondary N) is 2. The Morgan fingerprint density at radius 1 is 1.47 bits per heavy atom. The van der Waals surface area contributed by atoms with Crippen molar-refractivity contribution in [1.82, 2.24) is 10.2 Å². The summed E-state index contributed by atoms with van der Waals surface area (Å²) < 4.78 is 13.4. The lowest BCUT2D eigenvalue weighted by Gasteiger charge is -2.13. The maximum atomic E-state index is 13.4. The zero-order valence-corrected chi connectivity index (χ0v) is 11.3. The molecule has 3 nitrogen and oxygen atoms in total. The molecule has 0 atom stereocenters. The van der Waals surface area contributed by atoms with Crippen LogP contribution < -0.4 is 10.6 Å². The predicted molar refractivity (Wildman–Crippen MR) is 74.2 cm³/mol. The van der Waals surface area contributed by atoms with Crippen LogP contribution >= 0.6 is 23.8 Å². The van der Waals surface area contributed by atoms with E-state index < -0.39 is 5.82 Å². The lowest BCUT2D eigenvalue weighted by atomic mass is 10.3. The highest BCUT2D eigenvalue weighted by Gasteiger charge is 2.04. The fraction of sp³-hybridized carbons (Fsp3) is 0.364. The van der Waals surface area contributed by atoms with Crippen LogP contribution in [0.15, 0.2) is 18.2 Å². The van der Waals surface area contributed by atoms with Crippen LogP contribution in [0.2, 0.25) is 5.02 Å². The van der Waals surface area contributed by atoms with Crippen molar-refractivity contribution in [2.75, 3.05) is 32.5 Å². The minimum atomic E-state index is -0.422. The first kappa shape index (κ1) is 14.2. The molecular formula is C11H15ClFN3S. The van der Waals surface area contributed by atoms with Gasteiger partial charge in [-0.3, -0.25) is 0 Å². The van der Waals surface area contributed by atoms with Gasteiger partial charge in [0.2, 0.25) is 0 Å². The Balaban J connectivity index is 2.45. The van der Waals surface area contributed by atoms with E-state index in [9.17, 15) is 4.39 Å². The summed E-state index contributed by atoms with van der Waals surface area (Å²) in [6, 6.07) is 4.40. The quantitative estimate of drug-likeness (QED) is 0.825. The normalized spacial score (nSPS) is 10.4. The van der Waals surface area contributed by atoms with Gasteiger partial charge in [0, 0.05) is 18.1 Å². The molecule has 0 unspecified atom stereocenters. The van der Waals surface area contributed by atoms with Crippen LogP contribution in [0, 0.1) is 5.82 Å². The number of hydrogen-bond acceptors (Lipinski definition) is 2. The van der Waals surface area contributed by atoms with Crippen LogP contribution in [0.5, 0.6) is 0 Å². The van der Waals surface area contributed by atoms with Crippen LogP contribution in [-0.2, 0) is 0 Å². The average molecular weight is 276 g/mol. The fourth-order valence-electron chi connectivity index (χ4n) is 1.15. The third-order valence-corrected chi connectivity index (χ3v) is 2.51. The number of likely N-dealkylation sites (N-methyl/N-ethyl adjacent to an activating group) is 1. The second-order valence-electron chi connectivity index (χ2n) is 3.81. The third-order valence-electron chi connectivity index (χ3n) is 2.02. The molecule has 6 heteroatoms. The van der Waals surface area contributed by atoms with Crippen molar-refractivity contribution in [2.24, 2.45) is 0 Å². The molecule has 0 saturated carbocycles. The first-order chi connectivity index (χ1) is 7.99. The lowest BCUT2D eigenvalue weighted by molar-refractivity contribution is 0.413. The van der Waals surface area contributed by atoms with Crippen molar-refractivity contribution in [1.29, 1.82) is 0 Å². The number of anilines is 1. The molecule has 0 aliphatic carbocycles. The predicted octanol–water partition coefficient (Wildman–Crippen LogP) is 2.33. The lowest BCUT2D eigenvalue weighted by Crippen LogP contribution is -2.34. The van der Waals surface area contributed by atoms with Crippen LogP contribution in [0.25, 0.3) is 0 Å². The molecule has 1 aromatic rings. The van der Waals surface area contributed by atoms with Crippen molar-refractivity contribution >= 4 is 34.6 Å².